The second-order valence-electron chi connectivity index (χ2n) is 9.16. The Morgan fingerprint density at radius 1 is 1.10 bits per heavy atom. The Balaban J connectivity index is 0.000000336. The average Bonchev–Trinajstić information content (AvgIpc) is 3.32. The standard InChI is InChI=1S/C19H13F5N4O.C9H15NO/c1-8-14(19(25)28-7-27-8)17(26-2)10-4-3-9(5-11(10)20)29-18-15(23)12(21)6-13(22)16(18)24;1-3-9(11)10-8-5-4-7(2)6-8/h3-7H,1-2H3,(H2,25,27,28);3,7-8H,1,4-6H2,2H3,(H,10,11). The second-order valence-corrected chi connectivity index (χ2v) is 9.16. The highest BCUT2D eigenvalue weighted by atomic mass is 19.2. The number of aliphatic imine (C=N–C) groups is 1. The number of rotatable bonds is 6. The van der Waals surface area contributed by atoms with Gasteiger partial charge in [0.2, 0.25) is 23.3 Å². The van der Waals surface area contributed by atoms with Crippen LogP contribution in [0.15, 0.2) is 48.2 Å². The van der Waals surface area contributed by atoms with Crippen LogP contribution in [0.25, 0.3) is 0 Å². The highest BCUT2D eigenvalue weighted by Gasteiger charge is 2.23. The van der Waals surface area contributed by atoms with E-state index in [2.05, 4.69) is 33.8 Å². The van der Waals surface area contributed by atoms with Crippen LogP contribution in [-0.4, -0.2) is 34.7 Å². The minimum absolute atomic E-state index is 0.0178. The lowest BCUT2D eigenvalue weighted by Gasteiger charge is -2.13. The van der Waals surface area contributed by atoms with Crippen LogP contribution in [0.3, 0.4) is 0 Å². The summed E-state index contributed by atoms with van der Waals surface area (Å²) in [6, 6.07) is 3.60. The molecule has 2 aromatic carbocycles. The maximum atomic E-state index is 14.7. The van der Waals surface area contributed by atoms with Crippen LogP contribution in [0.1, 0.15) is 43.0 Å². The Kier molecular flexibility index (Phi) is 9.92. The summed E-state index contributed by atoms with van der Waals surface area (Å²) in [4.78, 5) is 22.7. The van der Waals surface area contributed by atoms with Crippen molar-refractivity contribution in [3.8, 4) is 11.5 Å². The monoisotopic (exact) mass is 561 g/mol. The summed E-state index contributed by atoms with van der Waals surface area (Å²) < 4.78 is 73.7. The molecule has 4 rings (SSSR count). The molecule has 1 aliphatic rings. The molecule has 0 radical (unpaired) electrons. The molecule has 2 unspecified atom stereocenters. The molecule has 1 saturated carbocycles. The number of carbonyl (C=O) groups is 1. The van der Waals surface area contributed by atoms with Crippen LogP contribution in [0.5, 0.6) is 11.5 Å². The smallest absolute Gasteiger partial charge is 0.243 e. The maximum absolute atomic E-state index is 14.7. The second kappa shape index (κ2) is 13.1. The summed E-state index contributed by atoms with van der Waals surface area (Å²) in [5, 5.41) is 2.90. The lowest BCUT2D eigenvalue weighted by Crippen LogP contribution is -2.31. The van der Waals surface area contributed by atoms with E-state index < -0.39 is 40.6 Å². The number of nitrogens with zero attached hydrogens (tertiary/aromatic N) is 3. The third-order valence-corrected chi connectivity index (χ3v) is 6.24. The zero-order valence-corrected chi connectivity index (χ0v) is 22.1. The number of hydrogen-bond acceptors (Lipinski definition) is 6. The van der Waals surface area contributed by atoms with Gasteiger partial charge in [0.25, 0.3) is 0 Å². The molecule has 0 bridgehead atoms. The Hall–Kier alpha value is -4.35. The molecular formula is C28H28F5N5O2. The van der Waals surface area contributed by atoms with Gasteiger partial charge in [-0.05, 0) is 50.3 Å². The van der Waals surface area contributed by atoms with E-state index in [4.69, 9.17) is 10.5 Å². The molecule has 0 aliphatic heterocycles. The number of benzene rings is 2. The van der Waals surface area contributed by atoms with Gasteiger partial charge in [-0.2, -0.15) is 8.78 Å². The number of nitrogens with one attached hydrogen (secondary N) is 1. The van der Waals surface area contributed by atoms with Gasteiger partial charge < -0.3 is 15.8 Å². The predicted molar refractivity (Wildman–Crippen MR) is 141 cm³/mol. The topological polar surface area (TPSA) is 102 Å². The first-order valence-corrected chi connectivity index (χ1v) is 12.2. The first-order chi connectivity index (χ1) is 19.0. The normalized spacial score (nSPS) is 16.6. The summed E-state index contributed by atoms with van der Waals surface area (Å²) in [7, 11) is 1.41. The number of carbonyl (C=O) groups excluding carboxylic acids is 1. The first-order valence-electron chi connectivity index (χ1n) is 12.2. The highest BCUT2D eigenvalue weighted by molar-refractivity contribution is 6.16. The van der Waals surface area contributed by atoms with Crippen LogP contribution < -0.4 is 15.8 Å². The third-order valence-electron chi connectivity index (χ3n) is 6.24. The van der Waals surface area contributed by atoms with Crippen LogP contribution in [-0.2, 0) is 4.79 Å². The number of nitrogen functional groups attached to an aromatic ring is 1. The van der Waals surface area contributed by atoms with E-state index in [1.54, 1.807) is 6.92 Å². The number of halogens is 5. The summed E-state index contributed by atoms with van der Waals surface area (Å²) in [6.07, 6.45) is 6.07. The number of hydrogen-bond donors (Lipinski definition) is 2. The van der Waals surface area contributed by atoms with Crippen molar-refractivity contribution in [3.63, 3.8) is 0 Å². The predicted octanol–water partition coefficient (Wildman–Crippen LogP) is 5.80. The molecule has 0 saturated heterocycles. The lowest BCUT2D eigenvalue weighted by atomic mass is 10.0. The van der Waals surface area contributed by atoms with Gasteiger partial charge in [-0.3, -0.25) is 9.79 Å². The molecule has 0 spiro atoms. The van der Waals surface area contributed by atoms with E-state index in [-0.39, 0.29) is 29.1 Å². The van der Waals surface area contributed by atoms with Crippen molar-refractivity contribution >= 4 is 17.4 Å². The number of aryl methyl sites for hydroxylation is 1. The van der Waals surface area contributed by atoms with Gasteiger partial charge in [-0.25, -0.2) is 23.1 Å². The zero-order valence-electron chi connectivity index (χ0n) is 22.1. The average molecular weight is 562 g/mol. The zero-order chi connectivity index (χ0) is 29.6. The quantitative estimate of drug-likeness (QED) is 0.171. The molecule has 12 heteroatoms. The van der Waals surface area contributed by atoms with Gasteiger partial charge in [-0.1, -0.05) is 13.5 Å². The molecule has 1 fully saturated rings. The molecule has 1 heterocycles. The van der Waals surface area contributed by atoms with Crippen molar-refractivity contribution in [2.75, 3.05) is 12.8 Å². The van der Waals surface area contributed by atoms with Crippen LogP contribution in [0, 0.1) is 41.9 Å². The van der Waals surface area contributed by atoms with Gasteiger partial charge in [0.05, 0.1) is 17.0 Å². The van der Waals surface area contributed by atoms with Crippen LogP contribution in [0.4, 0.5) is 27.8 Å². The minimum atomic E-state index is -1.74. The van der Waals surface area contributed by atoms with E-state index in [1.807, 2.05) is 0 Å². The molecule has 3 N–H and O–H groups in total. The summed E-state index contributed by atoms with van der Waals surface area (Å²) >= 11 is 0. The summed E-state index contributed by atoms with van der Waals surface area (Å²) in [5.41, 5.74) is 6.73. The van der Waals surface area contributed by atoms with Gasteiger partial charge in [0.1, 0.15) is 23.7 Å². The fourth-order valence-electron chi connectivity index (χ4n) is 4.26. The fourth-order valence-corrected chi connectivity index (χ4v) is 4.26. The molecule has 2 atom stereocenters. The number of ether oxygens (including phenoxy) is 1. The Morgan fingerprint density at radius 2 is 1.77 bits per heavy atom. The first kappa shape index (κ1) is 30.2. The molecule has 7 nitrogen and oxygen atoms in total. The molecular weight excluding hydrogens is 533 g/mol. The number of amides is 1. The van der Waals surface area contributed by atoms with Gasteiger partial charge in [-0.15, -0.1) is 0 Å². The maximum Gasteiger partial charge on any atom is 0.243 e. The van der Waals surface area contributed by atoms with E-state index >= 15 is 0 Å². The van der Waals surface area contributed by atoms with E-state index in [0.717, 1.165) is 30.9 Å². The van der Waals surface area contributed by atoms with E-state index in [0.29, 0.717) is 17.3 Å². The van der Waals surface area contributed by atoms with Gasteiger partial charge >= 0.3 is 0 Å². The summed E-state index contributed by atoms with van der Waals surface area (Å²) in [6.45, 7) is 7.27. The van der Waals surface area contributed by atoms with E-state index in [1.165, 1.54) is 31.9 Å². The largest absolute Gasteiger partial charge is 0.451 e. The number of anilines is 1. The molecule has 40 heavy (non-hydrogen) atoms. The Bertz CT molecular complexity index is 1400. The molecule has 1 aliphatic carbocycles. The molecule has 1 amide bonds. The Labute approximate surface area is 228 Å². The number of aromatic nitrogens is 2. The van der Waals surface area contributed by atoms with Crippen molar-refractivity contribution in [2.24, 2.45) is 10.9 Å². The minimum Gasteiger partial charge on any atom is -0.451 e. The van der Waals surface area contributed by atoms with Crippen molar-refractivity contribution in [2.45, 2.75) is 39.2 Å². The number of nitrogens with two attached hydrogens (primary N) is 1. The van der Waals surface area contributed by atoms with Crippen molar-refractivity contribution in [1.29, 1.82) is 0 Å². The van der Waals surface area contributed by atoms with Crippen LogP contribution >= 0.6 is 0 Å². The fraction of sp³-hybridized carbons (Fsp3) is 0.286. The Morgan fingerprint density at radius 3 is 2.30 bits per heavy atom. The van der Waals surface area contributed by atoms with E-state index in [9.17, 15) is 26.7 Å². The molecule has 1 aromatic heterocycles. The molecule has 212 valence electrons. The highest BCUT2D eigenvalue weighted by Crippen LogP contribution is 2.32. The third kappa shape index (κ3) is 6.99. The van der Waals surface area contributed by atoms with Crippen molar-refractivity contribution in [3.05, 3.63) is 89.2 Å². The van der Waals surface area contributed by atoms with Gasteiger partial charge in [0.15, 0.2) is 11.6 Å². The van der Waals surface area contributed by atoms with Crippen molar-refractivity contribution in [1.82, 2.24) is 15.3 Å². The summed E-state index contributed by atoms with van der Waals surface area (Å²) in [5.74, 6) is -8.56. The van der Waals surface area contributed by atoms with Crippen molar-refractivity contribution < 1.29 is 31.5 Å². The SMILES string of the molecule is C=CC(=O)NC1CCC(C)C1.CN=C(c1ccc(Oc2c(F)c(F)cc(F)c2F)cc1F)c1c(C)ncnc1N. The van der Waals surface area contributed by atoms with Gasteiger partial charge in [0, 0.05) is 30.8 Å². The lowest BCUT2D eigenvalue weighted by molar-refractivity contribution is -0.117. The molecule has 3 aromatic rings. The van der Waals surface area contributed by atoms with Crippen LogP contribution in [0.2, 0.25) is 0 Å².